The lowest BCUT2D eigenvalue weighted by molar-refractivity contribution is -0.137. The Morgan fingerprint density at radius 2 is 2.04 bits per heavy atom. The van der Waals surface area contributed by atoms with E-state index in [0.717, 1.165) is 24.3 Å². The van der Waals surface area contributed by atoms with Crippen molar-refractivity contribution in [2.24, 2.45) is 0 Å². The molecule has 0 atom stereocenters. The highest BCUT2D eigenvalue weighted by molar-refractivity contribution is 6.31. The Balaban J connectivity index is 2.33. The van der Waals surface area contributed by atoms with E-state index in [2.05, 4.69) is 5.10 Å². The second-order valence-corrected chi connectivity index (χ2v) is 5.01. The Morgan fingerprint density at radius 1 is 1.35 bits per heavy atom. The van der Waals surface area contributed by atoms with Crippen LogP contribution < -0.4 is 5.56 Å². The quantitative estimate of drug-likeness (QED) is 0.836. The van der Waals surface area contributed by atoms with E-state index < -0.39 is 23.3 Å². The molecule has 2 aromatic rings. The predicted octanol–water partition coefficient (Wildman–Crippen LogP) is 2.99. The Hall–Kier alpha value is -2.48. The number of aromatic nitrogens is 2. The van der Waals surface area contributed by atoms with Gasteiger partial charge in [0.2, 0.25) is 0 Å². The van der Waals surface area contributed by atoms with Gasteiger partial charge >= 0.3 is 12.1 Å². The van der Waals surface area contributed by atoms with Crippen molar-refractivity contribution < 1.29 is 23.1 Å². The molecule has 0 aliphatic carbocycles. The van der Waals surface area contributed by atoms with Crippen molar-refractivity contribution in [3.05, 3.63) is 62.5 Å². The van der Waals surface area contributed by atoms with Crippen LogP contribution in [0.5, 0.6) is 0 Å². The monoisotopic (exact) mass is 346 g/mol. The summed E-state index contributed by atoms with van der Waals surface area (Å²) < 4.78 is 39.1. The van der Waals surface area contributed by atoms with Crippen molar-refractivity contribution in [3.8, 4) is 0 Å². The van der Waals surface area contributed by atoms with E-state index in [-0.39, 0.29) is 17.3 Å². The summed E-state index contributed by atoms with van der Waals surface area (Å²) >= 11 is 5.85. The van der Waals surface area contributed by atoms with E-state index in [0.29, 0.717) is 5.56 Å². The minimum atomic E-state index is -4.50. The first-order valence-corrected chi connectivity index (χ1v) is 6.61. The molecular formula is C14H10ClF3N2O3. The van der Waals surface area contributed by atoms with Crippen LogP contribution in [0.1, 0.15) is 16.8 Å². The number of aromatic amines is 1. The summed E-state index contributed by atoms with van der Waals surface area (Å²) in [6.07, 6.45) is -2.47. The van der Waals surface area contributed by atoms with Gasteiger partial charge in [0, 0.05) is 17.2 Å². The summed E-state index contributed by atoms with van der Waals surface area (Å²) in [6, 6.07) is 4.05. The van der Waals surface area contributed by atoms with Crippen molar-refractivity contribution in [1.82, 2.24) is 9.78 Å². The molecule has 23 heavy (non-hydrogen) atoms. The fourth-order valence-electron chi connectivity index (χ4n) is 1.89. The molecule has 9 heteroatoms. The number of aliphatic carboxylic acids is 1. The van der Waals surface area contributed by atoms with Crippen molar-refractivity contribution in [2.75, 3.05) is 0 Å². The smallest absolute Gasteiger partial charge is 0.416 e. The number of hydrogen-bond donors (Lipinski definition) is 2. The van der Waals surface area contributed by atoms with Crippen molar-refractivity contribution >= 4 is 23.6 Å². The van der Waals surface area contributed by atoms with Crippen LogP contribution >= 0.6 is 11.6 Å². The van der Waals surface area contributed by atoms with Crippen LogP contribution in [0.15, 0.2) is 35.1 Å². The first kappa shape index (κ1) is 16.9. The maximum absolute atomic E-state index is 12.6. The van der Waals surface area contributed by atoms with E-state index in [1.807, 2.05) is 0 Å². The Bertz CT molecular complexity index is 821. The van der Waals surface area contributed by atoms with Crippen LogP contribution in [-0.4, -0.2) is 20.9 Å². The Labute approximate surface area is 132 Å². The molecule has 0 unspecified atom stereocenters. The van der Waals surface area contributed by atoms with Gasteiger partial charge in [-0.2, -0.15) is 13.2 Å². The Kier molecular flexibility index (Phi) is 4.65. The molecule has 1 aromatic heterocycles. The van der Waals surface area contributed by atoms with Crippen molar-refractivity contribution in [1.29, 1.82) is 0 Å². The molecule has 0 spiro atoms. The number of hydrogen-bond acceptors (Lipinski definition) is 2. The van der Waals surface area contributed by atoms with Crippen LogP contribution in [-0.2, 0) is 17.5 Å². The molecule has 1 heterocycles. The first-order valence-electron chi connectivity index (χ1n) is 6.23. The summed E-state index contributed by atoms with van der Waals surface area (Å²) in [4.78, 5) is 21.9. The standard InChI is InChI=1S/C14H10ClF3N2O3/c15-11-5-9(14(16,17)18)2-1-8(11)7-20-10(3-4-13(22)23)6-12(21)19-20/h1-6H,7H2,(H,19,21)(H,22,23)/b4-3+. The van der Waals surface area contributed by atoms with Gasteiger partial charge in [0.05, 0.1) is 17.8 Å². The average Bonchev–Trinajstić information content (AvgIpc) is 2.77. The third kappa shape index (κ3) is 4.26. The van der Waals surface area contributed by atoms with Gasteiger partial charge in [-0.15, -0.1) is 0 Å². The molecule has 0 saturated heterocycles. The highest BCUT2D eigenvalue weighted by Crippen LogP contribution is 2.32. The van der Waals surface area contributed by atoms with E-state index in [1.165, 1.54) is 16.8 Å². The van der Waals surface area contributed by atoms with E-state index in [4.69, 9.17) is 16.7 Å². The van der Waals surface area contributed by atoms with Crippen LogP contribution in [0.25, 0.3) is 6.08 Å². The lowest BCUT2D eigenvalue weighted by Gasteiger charge is -2.11. The zero-order valence-electron chi connectivity index (χ0n) is 11.4. The molecule has 0 radical (unpaired) electrons. The number of halogens is 4. The number of carboxylic acid groups (broad SMARTS) is 1. The lowest BCUT2D eigenvalue weighted by Crippen LogP contribution is -2.10. The average molecular weight is 347 g/mol. The molecule has 1 aromatic carbocycles. The normalized spacial score (nSPS) is 12.0. The first-order chi connectivity index (χ1) is 10.7. The van der Waals surface area contributed by atoms with Crippen LogP contribution in [0, 0.1) is 0 Å². The molecule has 0 fully saturated rings. The molecule has 0 bridgehead atoms. The summed E-state index contributed by atoms with van der Waals surface area (Å²) in [5.41, 5.74) is -0.749. The second kappa shape index (κ2) is 6.33. The largest absolute Gasteiger partial charge is 0.478 e. The zero-order chi connectivity index (χ0) is 17.2. The highest BCUT2D eigenvalue weighted by Gasteiger charge is 2.30. The van der Waals surface area contributed by atoms with Gasteiger partial charge < -0.3 is 5.11 Å². The third-order valence-electron chi connectivity index (χ3n) is 2.94. The molecule has 2 N–H and O–H groups in total. The number of rotatable bonds is 4. The number of benzene rings is 1. The predicted molar refractivity (Wildman–Crippen MR) is 77.3 cm³/mol. The molecule has 2 rings (SSSR count). The second-order valence-electron chi connectivity index (χ2n) is 4.61. The van der Waals surface area contributed by atoms with Crippen molar-refractivity contribution in [3.63, 3.8) is 0 Å². The van der Waals surface area contributed by atoms with Gasteiger partial charge in [-0.3, -0.25) is 14.6 Å². The molecule has 122 valence electrons. The molecule has 0 amide bonds. The lowest BCUT2D eigenvalue weighted by atomic mass is 10.1. The summed E-state index contributed by atoms with van der Waals surface area (Å²) in [7, 11) is 0. The minimum Gasteiger partial charge on any atom is -0.478 e. The molecule has 0 aliphatic heterocycles. The Morgan fingerprint density at radius 3 is 2.61 bits per heavy atom. The van der Waals surface area contributed by atoms with Gasteiger partial charge in [-0.1, -0.05) is 17.7 Å². The van der Waals surface area contributed by atoms with Gasteiger partial charge in [0.1, 0.15) is 0 Å². The number of alkyl halides is 3. The summed E-state index contributed by atoms with van der Waals surface area (Å²) in [5, 5.41) is 10.9. The van der Waals surface area contributed by atoms with E-state index >= 15 is 0 Å². The number of carbonyl (C=O) groups is 1. The summed E-state index contributed by atoms with van der Waals surface area (Å²) in [6.45, 7) is -0.0154. The molecule has 0 aliphatic rings. The number of H-pyrrole nitrogens is 1. The molecule has 0 saturated carbocycles. The third-order valence-corrected chi connectivity index (χ3v) is 3.29. The SMILES string of the molecule is O=C(O)/C=C/c1cc(=O)[nH]n1Cc1ccc(C(F)(F)F)cc1Cl. The maximum atomic E-state index is 12.6. The van der Waals surface area contributed by atoms with Crippen LogP contribution in [0.3, 0.4) is 0 Å². The van der Waals surface area contributed by atoms with Crippen molar-refractivity contribution in [2.45, 2.75) is 12.7 Å². The number of carboxylic acids is 1. The van der Waals surface area contributed by atoms with Gasteiger partial charge in [0.15, 0.2) is 0 Å². The van der Waals surface area contributed by atoms with Gasteiger partial charge in [-0.25, -0.2) is 4.79 Å². The van der Waals surface area contributed by atoms with E-state index in [1.54, 1.807) is 0 Å². The maximum Gasteiger partial charge on any atom is 0.416 e. The molecular weight excluding hydrogens is 337 g/mol. The number of nitrogens with zero attached hydrogens (tertiary/aromatic N) is 1. The topological polar surface area (TPSA) is 75.1 Å². The van der Waals surface area contributed by atoms with E-state index in [9.17, 15) is 22.8 Å². The van der Waals surface area contributed by atoms with Crippen LogP contribution in [0.2, 0.25) is 5.02 Å². The molecule has 5 nitrogen and oxygen atoms in total. The summed E-state index contributed by atoms with van der Waals surface area (Å²) in [5.74, 6) is -1.20. The number of nitrogens with one attached hydrogen (secondary N) is 1. The van der Waals surface area contributed by atoms with Crippen LogP contribution in [0.4, 0.5) is 13.2 Å². The fraction of sp³-hybridized carbons (Fsp3) is 0.143. The highest BCUT2D eigenvalue weighted by atomic mass is 35.5. The van der Waals surface area contributed by atoms with Gasteiger partial charge in [-0.05, 0) is 23.8 Å². The zero-order valence-corrected chi connectivity index (χ0v) is 12.1. The van der Waals surface area contributed by atoms with Gasteiger partial charge in [0.25, 0.3) is 5.56 Å². The minimum absolute atomic E-state index is 0.0154. The fourth-order valence-corrected chi connectivity index (χ4v) is 2.13.